The molecule has 0 radical (unpaired) electrons. The van der Waals surface area contributed by atoms with E-state index in [0.717, 1.165) is 5.92 Å². The van der Waals surface area contributed by atoms with Crippen LogP contribution in [0.2, 0.25) is 0 Å². The molecule has 0 N–H and O–H groups in total. The smallest absolute Gasteiger partial charge is 0.00159 e. The van der Waals surface area contributed by atoms with Crippen LogP contribution in [0.15, 0.2) is 0 Å². The second kappa shape index (κ2) is 3.84. The first-order valence-electron chi connectivity index (χ1n) is 5.36. The fourth-order valence-corrected chi connectivity index (χ4v) is 4.53. The Hall–Kier alpha value is 0.350. The van der Waals surface area contributed by atoms with Crippen LogP contribution in [-0.4, -0.2) is 12.0 Å². The summed E-state index contributed by atoms with van der Waals surface area (Å²) in [6, 6.07) is 0. The molecule has 0 spiro atoms. The zero-order valence-electron chi connectivity index (χ0n) is 9.81. The molecule has 2 atom stereocenters. The van der Waals surface area contributed by atoms with E-state index in [-0.39, 0.29) is 0 Å². The van der Waals surface area contributed by atoms with Crippen molar-refractivity contribution in [1.82, 2.24) is 0 Å². The molecule has 1 heteroatoms. The molecule has 0 aromatic rings. The molecule has 0 aliphatic heterocycles. The van der Waals surface area contributed by atoms with Crippen molar-refractivity contribution < 1.29 is 0 Å². The van der Waals surface area contributed by atoms with Crippen molar-refractivity contribution >= 4 is 11.8 Å². The van der Waals surface area contributed by atoms with Crippen molar-refractivity contribution in [1.29, 1.82) is 0 Å². The Morgan fingerprint density at radius 1 is 1.23 bits per heavy atom. The molecule has 0 aromatic heterocycles. The minimum absolute atomic E-state index is 0.572. The molecular weight excluding hydrogens is 176 g/mol. The van der Waals surface area contributed by atoms with E-state index in [1.54, 1.807) is 0 Å². The molecule has 0 bridgehead atoms. The minimum atomic E-state index is 0.572. The van der Waals surface area contributed by atoms with Crippen LogP contribution in [-0.2, 0) is 0 Å². The summed E-state index contributed by atoms with van der Waals surface area (Å²) in [4.78, 5) is 0. The molecule has 1 aliphatic carbocycles. The highest BCUT2D eigenvalue weighted by Gasteiger charge is 2.39. The van der Waals surface area contributed by atoms with Gasteiger partial charge in [0, 0.05) is 0 Å². The van der Waals surface area contributed by atoms with Gasteiger partial charge in [-0.25, -0.2) is 0 Å². The molecular formula is C12H24S. The summed E-state index contributed by atoms with van der Waals surface area (Å²) in [7, 11) is 0. The van der Waals surface area contributed by atoms with Gasteiger partial charge in [-0.05, 0) is 48.0 Å². The first-order valence-corrected chi connectivity index (χ1v) is 6.75. The Balaban J connectivity index is 2.66. The van der Waals surface area contributed by atoms with E-state index in [4.69, 9.17) is 0 Å². The summed E-state index contributed by atoms with van der Waals surface area (Å²) in [5.74, 6) is 2.25. The Kier molecular flexibility index (Phi) is 3.38. The molecule has 0 aromatic carbocycles. The number of hydrogen-bond acceptors (Lipinski definition) is 1. The molecule has 1 rings (SSSR count). The Labute approximate surface area is 87.9 Å². The van der Waals surface area contributed by atoms with E-state index in [1.165, 1.54) is 25.0 Å². The molecule has 0 nitrogen and oxygen atoms in total. The van der Waals surface area contributed by atoms with Gasteiger partial charge < -0.3 is 0 Å². The SMILES string of the molecule is CSCC1(C)C[C@@H](C)CC(C)(C)C1. The van der Waals surface area contributed by atoms with Crippen LogP contribution >= 0.6 is 11.8 Å². The number of thioether (sulfide) groups is 1. The van der Waals surface area contributed by atoms with Gasteiger partial charge >= 0.3 is 0 Å². The van der Waals surface area contributed by atoms with E-state index < -0.39 is 0 Å². The Morgan fingerprint density at radius 2 is 1.85 bits per heavy atom. The van der Waals surface area contributed by atoms with Crippen molar-refractivity contribution in [3.8, 4) is 0 Å². The zero-order valence-corrected chi connectivity index (χ0v) is 10.6. The molecule has 1 unspecified atom stereocenters. The van der Waals surface area contributed by atoms with Crippen molar-refractivity contribution in [3.63, 3.8) is 0 Å². The van der Waals surface area contributed by atoms with E-state index in [9.17, 15) is 0 Å². The van der Waals surface area contributed by atoms with E-state index in [1.807, 2.05) is 11.8 Å². The predicted octanol–water partition coefficient (Wildman–Crippen LogP) is 4.20. The maximum absolute atomic E-state index is 2.47. The lowest BCUT2D eigenvalue weighted by Crippen LogP contribution is -2.36. The topological polar surface area (TPSA) is 0 Å². The van der Waals surface area contributed by atoms with Crippen LogP contribution in [0.3, 0.4) is 0 Å². The Bertz CT molecular complexity index is 174. The zero-order chi connectivity index (χ0) is 10.1. The van der Waals surface area contributed by atoms with Gasteiger partial charge in [0.2, 0.25) is 0 Å². The van der Waals surface area contributed by atoms with Crippen molar-refractivity contribution in [2.75, 3.05) is 12.0 Å². The predicted molar refractivity (Wildman–Crippen MR) is 63.3 cm³/mol. The first-order chi connectivity index (χ1) is 5.87. The molecule has 0 heterocycles. The van der Waals surface area contributed by atoms with E-state index in [2.05, 4.69) is 34.0 Å². The van der Waals surface area contributed by atoms with Gasteiger partial charge in [0.1, 0.15) is 0 Å². The summed E-state index contributed by atoms with van der Waals surface area (Å²) in [5.41, 5.74) is 1.17. The molecule has 78 valence electrons. The summed E-state index contributed by atoms with van der Waals surface area (Å²) < 4.78 is 0. The second-order valence-electron chi connectivity index (χ2n) is 6.10. The van der Waals surface area contributed by atoms with Gasteiger partial charge in [0.25, 0.3) is 0 Å². The van der Waals surface area contributed by atoms with Crippen LogP contribution in [0, 0.1) is 16.7 Å². The largest absolute Gasteiger partial charge is 0.165 e. The third kappa shape index (κ3) is 3.19. The lowest BCUT2D eigenvalue weighted by Gasteiger charge is -2.45. The highest BCUT2D eigenvalue weighted by atomic mass is 32.2. The summed E-state index contributed by atoms with van der Waals surface area (Å²) in [6.45, 7) is 9.75. The van der Waals surface area contributed by atoms with E-state index >= 15 is 0 Å². The van der Waals surface area contributed by atoms with Crippen LogP contribution in [0.25, 0.3) is 0 Å². The molecule has 1 fully saturated rings. The third-order valence-corrected chi connectivity index (χ3v) is 4.13. The first kappa shape index (κ1) is 11.4. The van der Waals surface area contributed by atoms with Crippen LogP contribution in [0.4, 0.5) is 0 Å². The number of hydrogen-bond donors (Lipinski definition) is 0. The lowest BCUT2D eigenvalue weighted by atomic mass is 9.62. The van der Waals surface area contributed by atoms with Crippen LogP contribution in [0.5, 0.6) is 0 Å². The highest BCUT2D eigenvalue weighted by molar-refractivity contribution is 7.98. The van der Waals surface area contributed by atoms with Gasteiger partial charge in [-0.1, -0.05) is 27.7 Å². The molecule has 13 heavy (non-hydrogen) atoms. The monoisotopic (exact) mass is 200 g/mol. The van der Waals surface area contributed by atoms with Crippen molar-refractivity contribution in [3.05, 3.63) is 0 Å². The maximum atomic E-state index is 2.47. The molecule has 1 aliphatic rings. The van der Waals surface area contributed by atoms with Crippen molar-refractivity contribution in [2.45, 2.75) is 47.0 Å². The molecule has 1 saturated carbocycles. The van der Waals surface area contributed by atoms with E-state index in [0.29, 0.717) is 10.8 Å². The van der Waals surface area contributed by atoms with Crippen LogP contribution in [0.1, 0.15) is 47.0 Å². The van der Waals surface area contributed by atoms with Gasteiger partial charge in [-0.2, -0.15) is 11.8 Å². The van der Waals surface area contributed by atoms with Gasteiger partial charge in [-0.3, -0.25) is 0 Å². The third-order valence-electron chi connectivity index (χ3n) is 3.14. The average molecular weight is 200 g/mol. The molecule has 0 saturated heterocycles. The summed E-state index contributed by atoms with van der Waals surface area (Å²) in [5, 5.41) is 0. The van der Waals surface area contributed by atoms with Crippen molar-refractivity contribution in [2.24, 2.45) is 16.7 Å². The highest BCUT2D eigenvalue weighted by Crippen LogP contribution is 2.49. The maximum Gasteiger partial charge on any atom is -0.00159 e. The fraction of sp³-hybridized carbons (Fsp3) is 1.00. The van der Waals surface area contributed by atoms with Gasteiger partial charge in [0.05, 0.1) is 0 Å². The standard InChI is InChI=1S/C12H24S/c1-10-6-11(2,3)8-12(4,7-10)9-13-5/h10H,6-9H2,1-5H3/t10-,12?/m0/s1. The normalized spacial score (nSPS) is 39.0. The minimum Gasteiger partial charge on any atom is -0.165 e. The number of rotatable bonds is 2. The average Bonchev–Trinajstić information content (AvgIpc) is 1.78. The Morgan fingerprint density at radius 3 is 2.31 bits per heavy atom. The van der Waals surface area contributed by atoms with Gasteiger partial charge in [-0.15, -0.1) is 0 Å². The quantitative estimate of drug-likeness (QED) is 0.643. The summed E-state index contributed by atoms with van der Waals surface area (Å²) >= 11 is 2.01. The lowest BCUT2D eigenvalue weighted by molar-refractivity contribution is 0.0789. The molecule has 0 amide bonds. The second-order valence-corrected chi connectivity index (χ2v) is 6.96. The fourth-order valence-electron chi connectivity index (χ4n) is 3.61. The van der Waals surface area contributed by atoms with Crippen LogP contribution < -0.4 is 0 Å². The van der Waals surface area contributed by atoms with Gasteiger partial charge in [0.15, 0.2) is 0 Å². The summed E-state index contributed by atoms with van der Waals surface area (Å²) in [6.07, 6.45) is 6.48.